The molecule has 1 aliphatic heterocycles. The minimum atomic E-state index is -0.728. The minimum absolute atomic E-state index is 0.207. The Morgan fingerprint density at radius 2 is 2.11 bits per heavy atom. The molecule has 0 aromatic carbocycles. The fourth-order valence-corrected chi connectivity index (χ4v) is 3.42. The van der Waals surface area contributed by atoms with E-state index in [-0.39, 0.29) is 6.42 Å². The first-order chi connectivity index (χ1) is 8.70. The molecule has 18 heavy (non-hydrogen) atoms. The third-order valence-corrected chi connectivity index (χ3v) is 4.41. The Balaban J connectivity index is 2.11. The number of anilines is 1. The summed E-state index contributed by atoms with van der Waals surface area (Å²) in [5, 5.41) is 9.88. The molecule has 0 aliphatic carbocycles. The summed E-state index contributed by atoms with van der Waals surface area (Å²) in [5.74, 6) is -0.728. The molecule has 1 N–H and O–H groups in total. The van der Waals surface area contributed by atoms with Crippen LogP contribution < -0.4 is 4.90 Å². The van der Waals surface area contributed by atoms with Gasteiger partial charge in [0.15, 0.2) is 5.13 Å². The van der Waals surface area contributed by atoms with Crippen LogP contribution in [0.4, 0.5) is 5.13 Å². The highest BCUT2D eigenvalue weighted by molar-refractivity contribution is 7.15. The van der Waals surface area contributed by atoms with Crippen molar-refractivity contribution in [3.05, 3.63) is 10.6 Å². The van der Waals surface area contributed by atoms with Gasteiger partial charge in [0.1, 0.15) is 0 Å². The molecular formula is C13H20N2O2S. The zero-order valence-electron chi connectivity index (χ0n) is 10.8. The van der Waals surface area contributed by atoms with Gasteiger partial charge in [0, 0.05) is 18.0 Å². The minimum Gasteiger partial charge on any atom is -0.481 e. The quantitative estimate of drug-likeness (QED) is 0.862. The second-order valence-corrected chi connectivity index (χ2v) is 5.77. The van der Waals surface area contributed by atoms with E-state index in [0.717, 1.165) is 36.8 Å². The normalized spacial score (nSPS) is 15.3. The molecule has 1 aromatic heterocycles. The molecule has 5 heteroatoms. The van der Waals surface area contributed by atoms with Crippen LogP contribution in [0.15, 0.2) is 0 Å². The van der Waals surface area contributed by atoms with E-state index >= 15 is 0 Å². The summed E-state index contributed by atoms with van der Waals surface area (Å²) in [4.78, 5) is 18.9. The van der Waals surface area contributed by atoms with Crippen molar-refractivity contribution >= 4 is 22.4 Å². The molecule has 1 aromatic rings. The smallest absolute Gasteiger partial charge is 0.303 e. The number of thiazole rings is 1. The summed E-state index contributed by atoms with van der Waals surface area (Å²) in [7, 11) is 0. The number of carboxylic acids is 1. The van der Waals surface area contributed by atoms with E-state index < -0.39 is 5.97 Å². The Hall–Kier alpha value is -1.10. The van der Waals surface area contributed by atoms with Gasteiger partial charge in [-0.1, -0.05) is 13.3 Å². The summed E-state index contributed by atoms with van der Waals surface area (Å²) in [6.07, 6.45) is 5.33. The highest BCUT2D eigenvalue weighted by Gasteiger charge is 2.19. The van der Waals surface area contributed by atoms with Crippen molar-refractivity contribution in [2.75, 3.05) is 18.0 Å². The third-order valence-electron chi connectivity index (χ3n) is 3.20. The Morgan fingerprint density at radius 1 is 1.39 bits per heavy atom. The van der Waals surface area contributed by atoms with Crippen molar-refractivity contribution in [2.24, 2.45) is 0 Å². The summed E-state index contributed by atoms with van der Waals surface area (Å²) >= 11 is 1.69. The number of aliphatic carboxylic acids is 1. The van der Waals surface area contributed by atoms with Crippen molar-refractivity contribution < 1.29 is 9.90 Å². The molecule has 0 bridgehead atoms. The van der Waals surface area contributed by atoms with Gasteiger partial charge in [-0.05, 0) is 25.7 Å². The lowest BCUT2D eigenvalue weighted by molar-refractivity contribution is -0.136. The van der Waals surface area contributed by atoms with Gasteiger partial charge in [0.05, 0.1) is 12.1 Å². The number of aryl methyl sites for hydroxylation is 2. The number of carboxylic acid groups (broad SMARTS) is 1. The fourth-order valence-electron chi connectivity index (χ4n) is 2.26. The highest BCUT2D eigenvalue weighted by atomic mass is 32.1. The first-order valence-corrected chi connectivity index (χ1v) is 7.47. The van der Waals surface area contributed by atoms with E-state index in [9.17, 15) is 4.79 Å². The van der Waals surface area contributed by atoms with E-state index in [1.54, 1.807) is 11.3 Å². The van der Waals surface area contributed by atoms with Crippen molar-refractivity contribution in [3.8, 4) is 0 Å². The molecule has 100 valence electrons. The zero-order chi connectivity index (χ0) is 13.0. The predicted molar refractivity (Wildman–Crippen MR) is 73.5 cm³/mol. The molecule has 1 saturated heterocycles. The van der Waals surface area contributed by atoms with Crippen molar-refractivity contribution in [1.29, 1.82) is 0 Å². The topological polar surface area (TPSA) is 53.4 Å². The van der Waals surface area contributed by atoms with E-state index in [1.807, 2.05) is 0 Å². The monoisotopic (exact) mass is 268 g/mol. The molecule has 0 unspecified atom stereocenters. The van der Waals surface area contributed by atoms with Crippen LogP contribution in [-0.2, 0) is 17.6 Å². The van der Waals surface area contributed by atoms with Crippen LogP contribution >= 0.6 is 11.3 Å². The maximum Gasteiger partial charge on any atom is 0.303 e. The molecule has 0 radical (unpaired) electrons. The van der Waals surface area contributed by atoms with Crippen LogP contribution in [0.3, 0.4) is 0 Å². The molecule has 0 amide bonds. The van der Waals surface area contributed by atoms with Gasteiger partial charge in [0.2, 0.25) is 0 Å². The van der Waals surface area contributed by atoms with Gasteiger partial charge in [-0.2, -0.15) is 0 Å². The second kappa shape index (κ2) is 6.18. The Bertz CT molecular complexity index is 411. The average Bonchev–Trinajstić information content (AvgIpc) is 2.95. The van der Waals surface area contributed by atoms with Gasteiger partial charge in [0.25, 0.3) is 0 Å². The van der Waals surface area contributed by atoms with Gasteiger partial charge in [-0.25, -0.2) is 4.98 Å². The van der Waals surface area contributed by atoms with Gasteiger partial charge in [-0.3, -0.25) is 4.79 Å². The molecule has 0 saturated carbocycles. The molecule has 1 fully saturated rings. The first kappa shape index (κ1) is 13.3. The van der Waals surface area contributed by atoms with E-state index in [0.29, 0.717) is 6.42 Å². The number of aromatic nitrogens is 1. The maximum atomic E-state index is 10.7. The van der Waals surface area contributed by atoms with E-state index in [4.69, 9.17) is 10.1 Å². The van der Waals surface area contributed by atoms with Crippen LogP contribution in [0.25, 0.3) is 0 Å². The van der Waals surface area contributed by atoms with Crippen LogP contribution in [0.1, 0.15) is 43.2 Å². The highest BCUT2D eigenvalue weighted by Crippen LogP contribution is 2.30. The molecule has 0 atom stereocenters. The molecule has 4 nitrogen and oxygen atoms in total. The Morgan fingerprint density at radius 3 is 2.72 bits per heavy atom. The number of nitrogens with zero attached hydrogens (tertiary/aromatic N) is 2. The van der Waals surface area contributed by atoms with Gasteiger partial charge in [-0.15, -0.1) is 11.3 Å². The molecule has 2 rings (SSSR count). The van der Waals surface area contributed by atoms with Crippen molar-refractivity contribution in [3.63, 3.8) is 0 Å². The SMILES string of the molecule is CCCc1nc(N2CCCC2)sc1CCC(=O)O. The lowest BCUT2D eigenvalue weighted by Gasteiger charge is -2.12. The van der Waals surface area contributed by atoms with E-state index in [1.165, 1.54) is 17.7 Å². The van der Waals surface area contributed by atoms with E-state index in [2.05, 4.69) is 11.8 Å². The molecule has 0 spiro atoms. The summed E-state index contributed by atoms with van der Waals surface area (Å²) in [5.41, 5.74) is 1.12. The second-order valence-electron chi connectivity index (χ2n) is 4.70. The van der Waals surface area contributed by atoms with Crippen LogP contribution in [-0.4, -0.2) is 29.1 Å². The maximum absolute atomic E-state index is 10.7. The number of carbonyl (C=O) groups is 1. The number of hydrogen-bond donors (Lipinski definition) is 1. The number of hydrogen-bond acceptors (Lipinski definition) is 4. The third kappa shape index (κ3) is 3.22. The standard InChI is InChI=1S/C13H20N2O2S/c1-2-5-10-11(6-7-12(16)17)18-13(14-10)15-8-3-4-9-15/h2-9H2,1H3,(H,16,17). The number of rotatable bonds is 6. The lowest BCUT2D eigenvalue weighted by atomic mass is 10.2. The molecule has 2 heterocycles. The zero-order valence-corrected chi connectivity index (χ0v) is 11.6. The Kier molecular flexibility index (Phi) is 4.58. The largest absolute Gasteiger partial charge is 0.481 e. The van der Waals surface area contributed by atoms with Gasteiger partial charge >= 0.3 is 5.97 Å². The first-order valence-electron chi connectivity index (χ1n) is 6.66. The van der Waals surface area contributed by atoms with Crippen LogP contribution in [0, 0.1) is 0 Å². The summed E-state index contributed by atoms with van der Waals surface area (Å²) in [6, 6.07) is 0. The van der Waals surface area contributed by atoms with Crippen molar-refractivity contribution in [1.82, 2.24) is 4.98 Å². The van der Waals surface area contributed by atoms with Gasteiger partial charge < -0.3 is 10.0 Å². The predicted octanol–water partition coefficient (Wildman–Crippen LogP) is 2.71. The summed E-state index contributed by atoms with van der Waals surface area (Å²) < 4.78 is 0. The molecular weight excluding hydrogens is 248 g/mol. The Labute approximate surface area is 112 Å². The lowest BCUT2D eigenvalue weighted by Crippen LogP contribution is -2.17. The van der Waals surface area contributed by atoms with Crippen LogP contribution in [0.5, 0.6) is 0 Å². The molecule has 1 aliphatic rings. The summed E-state index contributed by atoms with van der Waals surface area (Å²) in [6.45, 7) is 4.32. The van der Waals surface area contributed by atoms with Crippen molar-refractivity contribution in [2.45, 2.75) is 45.4 Å². The average molecular weight is 268 g/mol. The fraction of sp³-hybridized carbons (Fsp3) is 0.692. The van der Waals surface area contributed by atoms with Crippen LogP contribution in [0.2, 0.25) is 0 Å².